The zero-order valence-electron chi connectivity index (χ0n) is 16.3. The Balaban J connectivity index is 1.72. The van der Waals surface area contributed by atoms with E-state index in [2.05, 4.69) is 15.2 Å². The van der Waals surface area contributed by atoms with Gasteiger partial charge in [0.15, 0.2) is 0 Å². The summed E-state index contributed by atoms with van der Waals surface area (Å²) in [5.41, 5.74) is 8.53. The summed E-state index contributed by atoms with van der Waals surface area (Å²) in [6.45, 7) is 1.86. The molecule has 0 radical (unpaired) electrons. The van der Waals surface area contributed by atoms with Gasteiger partial charge >= 0.3 is 0 Å². The molecule has 1 aromatic heterocycles. The van der Waals surface area contributed by atoms with Crippen molar-refractivity contribution in [1.29, 1.82) is 0 Å². The summed E-state index contributed by atoms with van der Waals surface area (Å²) in [6.07, 6.45) is 1.42. The highest BCUT2D eigenvalue weighted by molar-refractivity contribution is 7.86. The van der Waals surface area contributed by atoms with E-state index in [1.54, 1.807) is 48.5 Å². The van der Waals surface area contributed by atoms with E-state index in [1.807, 2.05) is 6.92 Å². The second kappa shape index (κ2) is 7.86. The Morgan fingerprint density at radius 2 is 1.74 bits per heavy atom. The fourth-order valence-electron chi connectivity index (χ4n) is 3.20. The van der Waals surface area contributed by atoms with Crippen LogP contribution < -0.4 is 5.73 Å². The molecule has 0 fully saturated rings. The van der Waals surface area contributed by atoms with Crippen LogP contribution in [0.1, 0.15) is 5.56 Å². The van der Waals surface area contributed by atoms with Crippen molar-refractivity contribution < 1.29 is 17.4 Å². The number of fused-ring (bicyclic) bond motifs is 1. The first kappa shape index (κ1) is 20.6. The van der Waals surface area contributed by atoms with Crippen molar-refractivity contribution in [3.05, 3.63) is 78.2 Å². The van der Waals surface area contributed by atoms with Crippen LogP contribution in [-0.4, -0.2) is 18.0 Å². The van der Waals surface area contributed by atoms with E-state index < -0.39 is 10.1 Å². The topological polar surface area (TPSA) is 118 Å². The molecule has 4 rings (SSSR count). The van der Waals surface area contributed by atoms with Crippen molar-refractivity contribution in [3.63, 3.8) is 0 Å². The monoisotopic (exact) mass is 436 g/mol. The molecule has 9 heteroatoms. The molecule has 0 saturated heterocycles. The van der Waals surface area contributed by atoms with Gasteiger partial charge in [0, 0.05) is 16.3 Å². The number of pyridine rings is 1. The Hall–Kier alpha value is -3.69. The lowest BCUT2D eigenvalue weighted by Crippen LogP contribution is -2.01. The van der Waals surface area contributed by atoms with Gasteiger partial charge in [0.2, 0.25) is 0 Å². The molecule has 7 nitrogen and oxygen atoms in total. The van der Waals surface area contributed by atoms with Crippen LogP contribution in [0, 0.1) is 12.7 Å². The molecular formula is C22H17FN4O3S. The molecule has 4 aromatic rings. The molecular weight excluding hydrogens is 419 g/mol. The van der Waals surface area contributed by atoms with Gasteiger partial charge in [-0.1, -0.05) is 35.9 Å². The van der Waals surface area contributed by atoms with Crippen molar-refractivity contribution in [1.82, 2.24) is 4.98 Å². The maximum atomic E-state index is 14.1. The van der Waals surface area contributed by atoms with E-state index in [1.165, 1.54) is 18.3 Å². The standard InChI is InChI=1S/C22H17FN4O3S/c1-13-6-8-18(23)17(10-13)19-9-7-14(12-25-19)26-27-20-11-21(31(28,29)30)15-4-2-3-5-16(15)22(20)24/h2-12H,24H2,1H3,(H,28,29,30). The molecule has 0 spiro atoms. The fraction of sp³-hybridized carbons (Fsp3) is 0.0455. The van der Waals surface area contributed by atoms with Gasteiger partial charge in [-0.2, -0.15) is 8.42 Å². The van der Waals surface area contributed by atoms with Gasteiger partial charge in [-0.3, -0.25) is 9.54 Å². The number of hydrogen-bond donors (Lipinski definition) is 2. The molecule has 0 amide bonds. The van der Waals surface area contributed by atoms with Crippen molar-refractivity contribution in [2.75, 3.05) is 5.73 Å². The molecule has 0 bridgehead atoms. The van der Waals surface area contributed by atoms with E-state index in [9.17, 15) is 17.4 Å². The van der Waals surface area contributed by atoms with Gasteiger partial charge in [0.1, 0.15) is 22.1 Å². The summed E-state index contributed by atoms with van der Waals surface area (Å²) in [4.78, 5) is 3.92. The Morgan fingerprint density at radius 3 is 2.42 bits per heavy atom. The Bertz CT molecular complexity index is 1440. The minimum Gasteiger partial charge on any atom is -0.396 e. The average Bonchev–Trinajstić information content (AvgIpc) is 2.75. The van der Waals surface area contributed by atoms with E-state index in [0.717, 1.165) is 5.56 Å². The van der Waals surface area contributed by atoms with Crippen molar-refractivity contribution >= 4 is 38.0 Å². The van der Waals surface area contributed by atoms with Crippen molar-refractivity contribution in [2.24, 2.45) is 10.2 Å². The van der Waals surface area contributed by atoms with Gasteiger partial charge in [-0.15, -0.1) is 10.2 Å². The number of nitrogens with zero attached hydrogens (tertiary/aromatic N) is 3. The number of azo groups is 1. The lowest BCUT2D eigenvalue weighted by atomic mass is 10.1. The number of hydrogen-bond acceptors (Lipinski definition) is 6. The third-order valence-electron chi connectivity index (χ3n) is 4.72. The molecule has 0 aliphatic heterocycles. The maximum Gasteiger partial charge on any atom is 0.295 e. The third-order valence-corrected chi connectivity index (χ3v) is 5.62. The maximum absolute atomic E-state index is 14.1. The van der Waals surface area contributed by atoms with E-state index in [4.69, 9.17) is 5.73 Å². The van der Waals surface area contributed by atoms with E-state index in [0.29, 0.717) is 22.3 Å². The van der Waals surface area contributed by atoms with E-state index >= 15 is 0 Å². The SMILES string of the molecule is Cc1ccc(F)c(-c2ccc(N=Nc3cc(S(=O)(=O)O)c4ccccc4c3N)cn2)c1. The molecule has 156 valence electrons. The summed E-state index contributed by atoms with van der Waals surface area (Å²) < 4.78 is 47.3. The van der Waals surface area contributed by atoms with Crippen LogP contribution in [0.5, 0.6) is 0 Å². The zero-order chi connectivity index (χ0) is 22.2. The largest absolute Gasteiger partial charge is 0.396 e. The number of halogens is 1. The fourth-order valence-corrected chi connectivity index (χ4v) is 3.91. The Morgan fingerprint density at radius 1 is 1.00 bits per heavy atom. The first-order valence-electron chi connectivity index (χ1n) is 9.17. The molecule has 0 aliphatic carbocycles. The summed E-state index contributed by atoms with van der Waals surface area (Å²) >= 11 is 0. The molecule has 3 aromatic carbocycles. The highest BCUT2D eigenvalue weighted by Crippen LogP contribution is 2.36. The Labute approximate surface area is 177 Å². The highest BCUT2D eigenvalue weighted by Gasteiger charge is 2.18. The Kier molecular flexibility index (Phi) is 5.22. The van der Waals surface area contributed by atoms with Crippen LogP contribution in [0.25, 0.3) is 22.0 Å². The third kappa shape index (κ3) is 4.14. The number of aromatic nitrogens is 1. The van der Waals surface area contributed by atoms with Crippen molar-refractivity contribution in [3.8, 4) is 11.3 Å². The molecule has 3 N–H and O–H groups in total. The van der Waals surface area contributed by atoms with Crippen LogP contribution in [0.3, 0.4) is 0 Å². The number of aryl methyl sites for hydroxylation is 1. The second-order valence-electron chi connectivity index (χ2n) is 6.91. The van der Waals surface area contributed by atoms with Gasteiger partial charge < -0.3 is 5.73 Å². The summed E-state index contributed by atoms with van der Waals surface area (Å²) in [5.74, 6) is -0.380. The molecule has 0 aliphatic rings. The van der Waals surface area contributed by atoms with Crippen molar-refractivity contribution in [2.45, 2.75) is 11.8 Å². The van der Waals surface area contributed by atoms with Gasteiger partial charge in [-0.25, -0.2) is 4.39 Å². The molecule has 31 heavy (non-hydrogen) atoms. The number of benzene rings is 3. The van der Waals surface area contributed by atoms with Gasteiger partial charge in [0.05, 0.1) is 17.6 Å². The minimum absolute atomic E-state index is 0.0835. The quantitative estimate of drug-likeness (QED) is 0.245. The predicted molar refractivity (Wildman–Crippen MR) is 117 cm³/mol. The van der Waals surface area contributed by atoms with Crippen LogP contribution in [0.4, 0.5) is 21.5 Å². The lowest BCUT2D eigenvalue weighted by molar-refractivity contribution is 0.484. The van der Waals surface area contributed by atoms with Crippen LogP contribution in [0.15, 0.2) is 82.0 Å². The zero-order valence-corrected chi connectivity index (χ0v) is 17.1. The normalized spacial score (nSPS) is 12.0. The average molecular weight is 436 g/mol. The highest BCUT2D eigenvalue weighted by atomic mass is 32.2. The molecule has 0 unspecified atom stereocenters. The number of nitrogen functional groups attached to an aromatic ring is 1. The predicted octanol–water partition coefficient (Wildman–Crippen LogP) is 5.59. The first-order valence-corrected chi connectivity index (χ1v) is 10.6. The smallest absolute Gasteiger partial charge is 0.295 e. The van der Waals surface area contributed by atoms with Crippen LogP contribution in [-0.2, 0) is 10.1 Å². The molecule has 0 saturated carbocycles. The van der Waals surface area contributed by atoms with E-state index in [-0.39, 0.29) is 27.5 Å². The molecule has 1 heterocycles. The van der Waals surface area contributed by atoms with Gasteiger partial charge in [0.25, 0.3) is 10.1 Å². The number of rotatable bonds is 4. The minimum atomic E-state index is -4.50. The summed E-state index contributed by atoms with van der Waals surface area (Å²) in [5, 5.41) is 8.81. The first-order chi connectivity index (χ1) is 14.7. The number of nitrogens with two attached hydrogens (primary N) is 1. The second-order valence-corrected chi connectivity index (χ2v) is 8.30. The van der Waals surface area contributed by atoms with Crippen LogP contribution in [0.2, 0.25) is 0 Å². The summed E-state index contributed by atoms with van der Waals surface area (Å²) in [7, 11) is -4.50. The number of anilines is 1. The van der Waals surface area contributed by atoms with Crippen LogP contribution >= 0.6 is 0 Å². The molecule has 0 atom stereocenters. The lowest BCUT2D eigenvalue weighted by Gasteiger charge is -2.09. The summed E-state index contributed by atoms with van der Waals surface area (Å²) in [6, 6.07) is 15.7. The van der Waals surface area contributed by atoms with Gasteiger partial charge in [-0.05, 0) is 37.3 Å².